The largest absolute Gasteiger partial charge is 0.457 e. The molecule has 0 spiro atoms. The van der Waals surface area contributed by atoms with Gasteiger partial charge < -0.3 is 9.64 Å². The highest BCUT2D eigenvalue weighted by Gasteiger charge is 2.28. The van der Waals surface area contributed by atoms with Crippen molar-refractivity contribution in [2.24, 2.45) is 0 Å². The Kier molecular flexibility index (Phi) is 4.68. The predicted octanol–water partition coefficient (Wildman–Crippen LogP) is 3.94. The summed E-state index contributed by atoms with van der Waals surface area (Å²) in [6, 6.07) is 17.7. The fourth-order valence-corrected chi connectivity index (χ4v) is 3.19. The molecule has 0 saturated carbocycles. The first kappa shape index (κ1) is 15.0. The van der Waals surface area contributed by atoms with Crippen LogP contribution >= 0.6 is 11.8 Å². The Morgan fingerprint density at radius 3 is 2.41 bits per heavy atom. The van der Waals surface area contributed by atoms with Gasteiger partial charge in [-0.25, -0.2) is 0 Å². The summed E-state index contributed by atoms with van der Waals surface area (Å²) in [4.78, 5) is 13.9. The molecule has 1 amide bonds. The number of rotatable bonds is 5. The average Bonchev–Trinajstić information content (AvgIpc) is 2.90. The summed E-state index contributed by atoms with van der Waals surface area (Å²) >= 11 is 1.77. The quantitative estimate of drug-likeness (QED) is 0.837. The van der Waals surface area contributed by atoms with E-state index in [4.69, 9.17) is 4.74 Å². The summed E-state index contributed by atoms with van der Waals surface area (Å²) in [6.07, 6.45) is 2.73. The summed E-state index contributed by atoms with van der Waals surface area (Å²) in [5.74, 6) is 1.89. The maximum atomic E-state index is 11.9. The van der Waals surface area contributed by atoms with Crippen molar-refractivity contribution in [3.05, 3.63) is 60.2 Å². The molecular weight excluding hydrogens is 294 g/mol. The summed E-state index contributed by atoms with van der Waals surface area (Å²) < 4.78 is 5.78. The van der Waals surface area contributed by atoms with Gasteiger partial charge in [0, 0.05) is 24.8 Å². The van der Waals surface area contributed by atoms with E-state index >= 15 is 0 Å². The monoisotopic (exact) mass is 313 g/mol. The molecule has 3 nitrogen and oxygen atoms in total. The molecule has 0 radical (unpaired) electrons. The van der Waals surface area contributed by atoms with Gasteiger partial charge in [-0.1, -0.05) is 30.3 Å². The molecule has 0 aromatic heterocycles. The first-order valence-corrected chi connectivity index (χ1v) is 8.66. The molecule has 1 fully saturated rings. The minimum absolute atomic E-state index is 0.254. The van der Waals surface area contributed by atoms with Crippen LogP contribution in [-0.2, 0) is 11.3 Å². The van der Waals surface area contributed by atoms with E-state index in [9.17, 15) is 4.79 Å². The molecule has 2 aromatic rings. The van der Waals surface area contributed by atoms with Crippen molar-refractivity contribution < 1.29 is 9.53 Å². The second-order valence-electron chi connectivity index (χ2n) is 5.40. The third kappa shape index (κ3) is 3.63. The van der Waals surface area contributed by atoms with Gasteiger partial charge in [0.05, 0.1) is 0 Å². The third-order valence-corrected chi connectivity index (χ3v) is 4.77. The number of ether oxygens (including phenoxy) is 1. The Morgan fingerprint density at radius 2 is 1.77 bits per heavy atom. The maximum absolute atomic E-state index is 11.9. The van der Waals surface area contributed by atoms with Gasteiger partial charge in [-0.3, -0.25) is 4.79 Å². The summed E-state index contributed by atoms with van der Waals surface area (Å²) in [7, 11) is 0. The fraction of sp³-hybridized carbons (Fsp3) is 0.278. The summed E-state index contributed by atoms with van der Waals surface area (Å²) in [5.41, 5.74) is 1.13. The van der Waals surface area contributed by atoms with Crippen LogP contribution in [0, 0.1) is 0 Å². The zero-order valence-electron chi connectivity index (χ0n) is 12.6. The van der Waals surface area contributed by atoms with Crippen LogP contribution in [0.25, 0.3) is 0 Å². The van der Waals surface area contributed by atoms with E-state index in [1.807, 2.05) is 59.5 Å². The molecular formula is C18H19NO2S. The molecule has 0 N–H and O–H groups in total. The molecule has 2 aromatic carbocycles. The molecule has 1 atom stereocenters. The molecule has 22 heavy (non-hydrogen) atoms. The van der Waals surface area contributed by atoms with Gasteiger partial charge in [0.1, 0.15) is 11.5 Å². The minimum Gasteiger partial charge on any atom is -0.457 e. The van der Waals surface area contributed by atoms with Crippen molar-refractivity contribution >= 4 is 17.7 Å². The van der Waals surface area contributed by atoms with E-state index in [0.717, 1.165) is 23.6 Å². The molecule has 4 heteroatoms. The van der Waals surface area contributed by atoms with Gasteiger partial charge >= 0.3 is 0 Å². The van der Waals surface area contributed by atoms with Crippen molar-refractivity contribution in [3.63, 3.8) is 0 Å². The molecule has 1 aliphatic rings. The number of hydrogen-bond acceptors (Lipinski definition) is 3. The van der Waals surface area contributed by atoms with Gasteiger partial charge in [-0.15, -0.1) is 0 Å². The van der Waals surface area contributed by atoms with Crippen molar-refractivity contribution in [2.75, 3.05) is 12.8 Å². The lowest BCUT2D eigenvalue weighted by Crippen LogP contribution is -2.24. The fourth-order valence-electron chi connectivity index (χ4n) is 2.55. The van der Waals surface area contributed by atoms with E-state index in [1.54, 1.807) is 11.8 Å². The average molecular weight is 313 g/mol. The zero-order valence-corrected chi connectivity index (χ0v) is 13.4. The Morgan fingerprint density at radius 1 is 1.09 bits per heavy atom. The summed E-state index contributed by atoms with van der Waals surface area (Å²) in [5, 5.41) is 0.438. The predicted molar refractivity (Wildman–Crippen MR) is 90.3 cm³/mol. The molecule has 0 aliphatic carbocycles. The lowest BCUT2D eigenvalue weighted by Gasteiger charge is -2.16. The molecule has 1 heterocycles. The number of carbonyl (C=O) groups is 1. The zero-order chi connectivity index (χ0) is 15.4. The number of para-hydroxylation sites is 1. The van der Waals surface area contributed by atoms with Crippen LogP contribution in [0.5, 0.6) is 11.5 Å². The van der Waals surface area contributed by atoms with Crippen molar-refractivity contribution in [1.29, 1.82) is 0 Å². The number of amides is 1. The van der Waals surface area contributed by atoms with Crippen LogP contribution < -0.4 is 4.74 Å². The van der Waals surface area contributed by atoms with Gasteiger partial charge in [-0.05, 0) is 36.1 Å². The van der Waals surface area contributed by atoms with Gasteiger partial charge in [-0.2, -0.15) is 11.8 Å². The van der Waals surface area contributed by atoms with E-state index < -0.39 is 0 Å². The normalized spacial score (nSPS) is 17.8. The van der Waals surface area contributed by atoms with Gasteiger partial charge in [0.15, 0.2) is 0 Å². The second kappa shape index (κ2) is 6.88. The van der Waals surface area contributed by atoms with Gasteiger partial charge in [0.2, 0.25) is 5.91 Å². The van der Waals surface area contributed by atoms with E-state index in [2.05, 4.69) is 6.26 Å². The van der Waals surface area contributed by atoms with E-state index in [0.29, 0.717) is 18.2 Å². The number of likely N-dealkylation sites (tertiary alicyclic amines) is 1. The van der Waals surface area contributed by atoms with Crippen molar-refractivity contribution in [3.8, 4) is 11.5 Å². The highest BCUT2D eigenvalue weighted by Crippen LogP contribution is 2.25. The Bertz CT molecular complexity index is 627. The Balaban J connectivity index is 1.61. The molecule has 1 aliphatic heterocycles. The Hall–Kier alpha value is -1.94. The first-order valence-electron chi connectivity index (χ1n) is 7.37. The summed E-state index contributed by atoms with van der Waals surface area (Å²) in [6.45, 7) is 1.53. The van der Waals surface area contributed by atoms with E-state index in [-0.39, 0.29) is 5.91 Å². The van der Waals surface area contributed by atoms with Gasteiger partial charge in [0.25, 0.3) is 0 Å². The standard InChI is InChI=1S/C18H19NO2S/c1-22-17-11-18(20)19(13-17)12-14-7-9-16(10-8-14)21-15-5-3-2-4-6-15/h2-10,17H,11-13H2,1H3/t17-/m1/s1. The lowest BCUT2D eigenvalue weighted by molar-refractivity contribution is -0.128. The van der Waals surface area contributed by atoms with Crippen LogP contribution in [0.3, 0.4) is 0 Å². The number of benzene rings is 2. The maximum Gasteiger partial charge on any atom is 0.224 e. The second-order valence-corrected chi connectivity index (χ2v) is 6.53. The molecule has 114 valence electrons. The lowest BCUT2D eigenvalue weighted by atomic mass is 10.2. The molecule has 0 bridgehead atoms. The number of thioether (sulfide) groups is 1. The number of hydrogen-bond donors (Lipinski definition) is 0. The topological polar surface area (TPSA) is 29.5 Å². The molecule has 3 rings (SSSR count). The highest BCUT2D eigenvalue weighted by molar-refractivity contribution is 7.99. The van der Waals surface area contributed by atoms with Crippen LogP contribution in [0.2, 0.25) is 0 Å². The van der Waals surface area contributed by atoms with Crippen LogP contribution in [0.4, 0.5) is 0 Å². The Labute approximate surface area is 135 Å². The van der Waals surface area contributed by atoms with Crippen LogP contribution in [-0.4, -0.2) is 28.9 Å². The van der Waals surface area contributed by atoms with Crippen LogP contribution in [0.1, 0.15) is 12.0 Å². The molecule has 1 saturated heterocycles. The van der Waals surface area contributed by atoms with Crippen molar-refractivity contribution in [2.45, 2.75) is 18.2 Å². The highest BCUT2D eigenvalue weighted by atomic mass is 32.2. The third-order valence-electron chi connectivity index (χ3n) is 3.79. The van der Waals surface area contributed by atoms with Crippen LogP contribution in [0.15, 0.2) is 54.6 Å². The first-order chi connectivity index (χ1) is 10.7. The minimum atomic E-state index is 0.254. The van der Waals surface area contributed by atoms with E-state index in [1.165, 1.54) is 0 Å². The number of nitrogens with zero attached hydrogens (tertiary/aromatic N) is 1. The SMILES string of the molecule is CS[C@@H]1CC(=O)N(Cc2ccc(Oc3ccccc3)cc2)C1. The molecule has 0 unspecified atom stereocenters. The smallest absolute Gasteiger partial charge is 0.224 e. The van der Waals surface area contributed by atoms with Crippen molar-refractivity contribution in [1.82, 2.24) is 4.90 Å². The number of carbonyl (C=O) groups excluding carboxylic acids is 1.